The fraction of sp³-hybridized carbons (Fsp3) is 0.600. The van der Waals surface area contributed by atoms with Gasteiger partial charge in [0.25, 0.3) is 0 Å². The van der Waals surface area contributed by atoms with Gasteiger partial charge in [-0.2, -0.15) is 0 Å². The van der Waals surface area contributed by atoms with Crippen molar-refractivity contribution in [1.29, 1.82) is 0 Å². The number of ether oxygens (including phenoxy) is 3. The molecule has 0 saturated carbocycles. The molecule has 1 saturated heterocycles. The van der Waals surface area contributed by atoms with Crippen LogP contribution >= 0.6 is 0 Å². The van der Waals surface area contributed by atoms with Crippen molar-refractivity contribution in [2.24, 2.45) is 0 Å². The molecule has 0 radical (unpaired) electrons. The largest absolute Gasteiger partial charge is 0.493 e. The van der Waals surface area contributed by atoms with E-state index in [-0.39, 0.29) is 0 Å². The van der Waals surface area contributed by atoms with Crippen molar-refractivity contribution in [2.75, 3.05) is 20.3 Å². The van der Waals surface area contributed by atoms with Crippen LogP contribution in [0.4, 0.5) is 0 Å². The van der Waals surface area contributed by atoms with Crippen molar-refractivity contribution < 1.29 is 14.2 Å². The Morgan fingerprint density at radius 3 is 2.84 bits per heavy atom. The molecule has 106 valence electrons. The summed E-state index contributed by atoms with van der Waals surface area (Å²) in [4.78, 5) is 0. The summed E-state index contributed by atoms with van der Waals surface area (Å²) in [5.74, 6) is 1.59. The zero-order valence-electron chi connectivity index (χ0n) is 11.9. The Morgan fingerprint density at radius 2 is 2.21 bits per heavy atom. The van der Waals surface area contributed by atoms with E-state index in [1.54, 1.807) is 7.11 Å². The highest BCUT2D eigenvalue weighted by Crippen LogP contribution is 2.28. The lowest BCUT2D eigenvalue weighted by Gasteiger charge is -2.17. The molecule has 0 aromatic heterocycles. The Kier molecular flexibility index (Phi) is 5.05. The minimum atomic E-state index is 0.296. The molecule has 0 aliphatic carbocycles. The van der Waals surface area contributed by atoms with E-state index < -0.39 is 0 Å². The van der Waals surface area contributed by atoms with Crippen molar-refractivity contribution in [3.63, 3.8) is 0 Å². The Hall–Kier alpha value is -1.26. The maximum Gasteiger partial charge on any atom is 0.161 e. The van der Waals surface area contributed by atoms with E-state index in [1.807, 2.05) is 19.1 Å². The summed E-state index contributed by atoms with van der Waals surface area (Å²) in [6.07, 6.45) is 1.37. The minimum absolute atomic E-state index is 0.296. The molecule has 19 heavy (non-hydrogen) atoms. The molecule has 2 atom stereocenters. The normalized spacial score (nSPS) is 22.5. The summed E-state index contributed by atoms with van der Waals surface area (Å²) in [7, 11) is 1.66. The van der Waals surface area contributed by atoms with Gasteiger partial charge >= 0.3 is 0 Å². The van der Waals surface area contributed by atoms with Crippen LogP contribution in [0, 0.1) is 0 Å². The van der Waals surface area contributed by atoms with E-state index in [0.717, 1.165) is 31.1 Å². The monoisotopic (exact) mass is 265 g/mol. The van der Waals surface area contributed by atoms with E-state index in [0.29, 0.717) is 18.8 Å². The van der Waals surface area contributed by atoms with Crippen LogP contribution in [-0.2, 0) is 11.3 Å². The van der Waals surface area contributed by atoms with Gasteiger partial charge in [-0.05, 0) is 38.0 Å². The van der Waals surface area contributed by atoms with Crippen LogP contribution in [0.5, 0.6) is 11.5 Å². The molecule has 1 aromatic carbocycles. The van der Waals surface area contributed by atoms with Crippen LogP contribution in [0.25, 0.3) is 0 Å². The predicted molar refractivity (Wildman–Crippen MR) is 74.8 cm³/mol. The molecule has 1 fully saturated rings. The fourth-order valence-corrected chi connectivity index (χ4v) is 2.35. The van der Waals surface area contributed by atoms with Crippen molar-refractivity contribution in [1.82, 2.24) is 5.32 Å². The highest BCUT2D eigenvalue weighted by molar-refractivity contribution is 5.42. The van der Waals surface area contributed by atoms with Gasteiger partial charge in [0.1, 0.15) is 0 Å². The van der Waals surface area contributed by atoms with Crippen molar-refractivity contribution in [3.05, 3.63) is 23.8 Å². The van der Waals surface area contributed by atoms with E-state index in [2.05, 4.69) is 18.3 Å². The van der Waals surface area contributed by atoms with Gasteiger partial charge in [0, 0.05) is 19.2 Å². The van der Waals surface area contributed by atoms with E-state index in [4.69, 9.17) is 14.2 Å². The first-order valence-electron chi connectivity index (χ1n) is 6.89. The topological polar surface area (TPSA) is 39.7 Å². The summed E-state index contributed by atoms with van der Waals surface area (Å²) in [6, 6.07) is 6.50. The molecule has 2 rings (SSSR count). The second-order valence-corrected chi connectivity index (χ2v) is 4.77. The third kappa shape index (κ3) is 3.61. The fourth-order valence-electron chi connectivity index (χ4n) is 2.35. The van der Waals surface area contributed by atoms with Crippen LogP contribution < -0.4 is 14.8 Å². The van der Waals surface area contributed by atoms with Crippen LogP contribution in [0.1, 0.15) is 25.8 Å². The van der Waals surface area contributed by atoms with Crippen LogP contribution in [0.15, 0.2) is 18.2 Å². The number of rotatable bonds is 6. The molecular formula is C15H23NO3. The first-order valence-corrected chi connectivity index (χ1v) is 6.89. The van der Waals surface area contributed by atoms with Gasteiger partial charge in [-0.15, -0.1) is 0 Å². The van der Waals surface area contributed by atoms with Gasteiger partial charge < -0.3 is 19.5 Å². The quantitative estimate of drug-likeness (QED) is 0.857. The molecule has 1 heterocycles. The molecule has 0 bridgehead atoms. The van der Waals surface area contributed by atoms with Crippen LogP contribution in [-0.4, -0.2) is 32.5 Å². The molecule has 1 aromatic rings. The third-order valence-corrected chi connectivity index (χ3v) is 3.47. The number of methoxy groups -OCH3 is 1. The minimum Gasteiger partial charge on any atom is -0.493 e. The summed E-state index contributed by atoms with van der Waals surface area (Å²) < 4.78 is 16.4. The Balaban J connectivity index is 1.98. The first kappa shape index (κ1) is 14.2. The highest BCUT2D eigenvalue weighted by Gasteiger charge is 2.23. The van der Waals surface area contributed by atoms with Gasteiger partial charge in [-0.3, -0.25) is 0 Å². The number of hydrogen-bond donors (Lipinski definition) is 1. The second kappa shape index (κ2) is 6.78. The van der Waals surface area contributed by atoms with E-state index >= 15 is 0 Å². The molecule has 4 nitrogen and oxygen atoms in total. The van der Waals surface area contributed by atoms with Crippen LogP contribution in [0.3, 0.4) is 0 Å². The molecule has 0 amide bonds. The van der Waals surface area contributed by atoms with Gasteiger partial charge in [0.2, 0.25) is 0 Å². The third-order valence-electron chi connectivity index (χ3n) is 3.47. The van der Waals surface area contributed by atoms with Gasteiger partial charge in [-0.1, -0.05) is 6.07 Å². The zero-order chi connectivity index (χ0) is 13.7. The van der Waals surface area contributed by atoms with E-state index in [9.17, 15) is 0 Å². The summed E-state index contributed by atoms with van der Waals surface area (Å²) >= 11 is 0. The number of nitrogens with one attached hydrogen (secondary N) is 1. The zero-order valence-corrected chi connectivity index (χ0v) is 11.9. The Morgan fingerprint density at radius 1 is 1.37 bits per heavy atom. The van der Waals surface area contributed by atoms with Gasteiger partial charge in [0.15, 0.2) is 11.5 Å². The number of hydrogen-bond acceptors (Lipinski definition) is 4. The van der Waals surface area contributed by atoms with Crippen molar-refractivity contribution >= 4 is 0 Å². The summed E-state index contributed by atoms with van der Waals surface area (Å²) in [5.41, 5.74) is 1.20. The van der Waals surface area contributed by atoms with E-state index in [1.165, 1.54) is 5.56 Å². The van der Waals surface area contributed by atoms with Crippen molar-refractivity contribution in [2.45, 2.75) is 39.0 Å². The van der Waals surface area contributed by atoms with Gasteiger partial charge in [0.05, 0.1) is 19.8 Å². The summed E-state index contributed by atoms with van der Waals surface area (Å²) in [6.45, 7) is 6.40. The first-order chi connectivity index (χ1) is 9.24. The van der Waals surface area contributed by atoms with Crippen molar-refractivity contribution in [3.8, 4) is 11.5 Å². The standard InChI is InChI=1S/C15H23NO3/c1-4-18-15-9-12(5-6-14(15)17-3)10-16-13-7-8-19-11(13)2/h5-6,9,11,13,16H,4,7-8,10H2,1-3H3. The maximum absolute atomic E-state index is 5.58. The smallest absolute Gasteiger partial charge is 0.161 e. The second-order valence-electron chi connectivity index (χ2n) is 4.77. The molecule has 4 heteroatoms. The molecule has 1 aliphatic heterocycles. The lowest BCUT2D eigenvalue weighted by atomic mass is 10.1. The SMILES string of the molecule is CCOc1cc(CNC2CCOC2C)ccc1OC. The average molecular weight is 265 g/mol. The molecule has 2 unspecified atom stereocenters. The lowest BCUT2D eigenvalue weighted by molar-refractivity contribution is 0.113. The molecular weight excluding hydrogens is 242 g/mol. The lowest BCUT2D eigenvalue weighted by Crippen LogP contribution is -2.34. The van der Waals surface area contributed by atoms with Crippen LogP contribution in [0.2, 0.25) is 0 Å². The Labute approximate surface area is 115 Å². The molecule has 0 spiro atoms. The molecule has 1 N–H and O–H groups in total. The van der Waals surface area contributed by atoms with Gasteiger partial charge in [-0.25, -0.2) is 0 Å². The maximum atomic E-state index is 5.58. The average Bonchev–Trinajstić information content (AvgIpc) is 2.82. The Bertz CT molecular complexity index is 408. The number of benzene rings is 1. The highest BCUT2D eigenvalue weighted by atomic mass is 16.5. The summed E-state index contributed by atoms with van der Waals surface area (Å²) in [5, 5.41) is 3.53. The molecule has 1 aliphatic rings. The predicted octanol–water partition coefficient (Wildman–Crippen LogP) is 2.36.